The average molecular weight is 650 g/mol. The number of aliphatic hydroxyl groups is 1. The summed E-state index contributed by atoms with van der Waals surface area (Å²) in [7, 11) is 12.8. The fraction of sp³-hybridized carbons (Fsp3) is 1.00. The molecule has 9 nitrogen and oxygen atoms in total. The smallest absolute Gasteiger partial charge is 0.0731 e. The van der Waals surface area contributed by atoms with Gasteiger partial charge in [0.15, 0.2) is 0 Å². The minimum atomic E-state index is 0. The molecule has 10 atom stereocenters. The third-order valence-corrected chi connectivity index (χ3v) is 12.5. The standard InChI is InChI=1S/2C8H15NO.C7H13NO.C7H13N.C6H11NO.CH4/c1-9-3-7-2-8(4-9)6-10-5-7;1-9-4-6-3-7(5-9)8(6)10-2;1-8-3-5-2-6(4-8)7(5)9;1-8-3-2-6-4-7(6)5-8;1-7-3-5-2-6(4-7)8-5;/h7-8H,2-6H2,1H3;6-8H,3-5H2,1-2H3;5-7,9H,2-4H2,1H3;6-7H,2-5H2,1H3;5-6H,2-4H2,1H3;1H4. The zero-order valence-corrected chi connectivity index (χ0v) is 29.6. The van der Waals surface area contributed by atoms with Gasteiger partial charge in [0.05, 0.1) is 37.6 Å². The predicted molar refractivity (Wildman–Crippen MR) is 186 cm³/mol. The van der Waals surface area contributed by atoms with Crippen molar-refractivity contribution in [1.29, 1.82) is 0 Å². The molecule has 8 bridgehead atoms. The van der Waals surface area contributed by atoms with E-state index >= 15 is 0 Å². The van der Waals surface area contributed by atoms with Gasteiger partial charge in [-0.05, 0) is 121 Å². The molecule has 13 fully saturated rings. The number of rotatable bonds is 1. The Bertz CT molecular complexity index is 863. The van der Waals surface area contributed by atoms with Crippen LogP contribution >= 0.6 is 0 Å². The maximum absolute atomic E-state index is 9.32. The number of piperidine rings is 7. The number of hydrogen-bond acceptors (Lipinski definition) is 9. The molecule has 0 aromatic carbocycles. The first-order valence-electron chi connectivity index (χ1n) is 18.5. The number of nitrogens with zero attached hydrogens (tertiary/aromatic N) is 5. The van der Waals surface area contributed by atoms with Crippen molar-refractivity contribution in [2.45, 2.75) is 70.4 Å². The predicted octanol–water partition coefficient (Wildman–Crippen LogP) is 2.78. The summed E-state index contributed by atoms with van der Waals surface area (Å²) in [6.45, 7) is 14.2. The Kier molecular flexibility index (Phi) is 13.3. The van der Waals surface area contributed by atoms with Crippen LogP contribution in [0.5, 0.6) is 0 Å². The fourth-order valence-corrected chi connectivity index (χ4v) is 10.1. The Morgan fingerprint density at radius 1 is 0.543 bits per heavy atom. The van der Waals surface area contributed by atoms with Gasteiger partial charge in [-0.15, -0.1) is 0 Å². The maximum atomic E-state index is 9.32. The van der Waals surface area contributed by atoms with Crippen molar-refractivity contribution in [3.8, 4) is 0 Å². The normalized spacial score (nSPS) is 45.2. The molecule has 46 heavy (non-hydrogen) atoms. The molecule has 0 spiro atoms. The number of hydrogen-bond donors (Lipinski definition) is 1. The molecule has 0 amide bonds. The fourth-order valence-electron chi connectivity index (χ4n) is 10.1. The summed E-state index contributed by atoms with van der Waals surface area (Å²) < 4.78 is 16.2. The monoisotopic (exact) mass is 650 g/mol. The highest BCUT2D eigenvalue weighted by Gasteiger charge is 2.46. The third-order valence-electron chi connectivity index (χ3n) is 12.5. The molecule has 3 saturated carbocycles. The van der Waals surface area contributed by atoms with E-state index in [2.05, 4.69) is 59.7 Å². The van der Waals surface area contributed by atoms with Crippen LogP contribution in [0.2, 0.25) is 0 Å². The van der Waals surface area contributed by atoms with Crippen molar-refractivity contribution >= 4 is 0 Å². The number of fused-ring (bicyclic) bond motifs is 9. The maximum Gasteiger partial charge on any atom is 0.0731 e. The molecule has 0 aromatic rings. The average Bonchev–Trinajstić information content (AvgIpc) is 3.76. The lowest BCUT2D eigenvalue weighted by atomic mass is 9.68. The summed E-state index contributed by atoms with van der Waals surface area (Å²) in [6, 6.07) is 0. The van der Waals surface area contributed by atoms with E-state index < -0.39 is 0 Å². The van der Waals surface area contributed by atoms with Crippen LogP contribution in [0, 0.1) is 47.3 Å². The summed E-state index contributed by atoms with van der Waals surface area (Å²) >= 11 is 0. The molecule has 10 heterocycles. The van der Waals surface area contributed by atoms with Crippen molar-refractivity contribution in [1.82, 2.24) is 24.5 Å². The highest BCUT2D eigenvalue weighted by atomic mass is 16.5. The van der Waals surface area contributed by atoms with Gasteiger partial charge in [0.2, 0.25) is 0 Å². The van der Waals surface area contributed by atoms with Crippen LogP contribution in [0.4, 0.5) is 0 Å². The number of ether oxygens (including phenoxy) is 3. The van der Waals surface area contributed by atoms with E-state index in [4.69, 9.17) is 14.2 Å². The van der Waals surface area contributed by atoms with Gasteiger partial charge >= 0.3 is 0 Å². The minimum absolute atomic E-state index is 0. The quantitative estimate of drug-likeness (QED) is 0.462. The van der Waals surface area contributed by atoms with E-state index in [0.29, 0.717) is 30.1 Å². The molecule has 13 aliphatic rings. The highest BCUT2D eigenvalue weighted by Crippen LogP contribution is 2.44. The second-order valence-corrected chi connectivity index (χ2v) is 17.0. The lowest BCUT2D eigenvalue weighted by Gasteiger charge is -2.51. The summed E-state index contributed by atoms with van der Waals surface area (Å²) in [6.07, 6.45) is 10.2. The zero-order valence-electron chi connectivity index (χ0n) is 29.6. The number of likely N-dealkylation sites (tertiary alicyclic amines) is 2. The first-order chi connectivity index (χ1) is 21.6. The molecule has 10 unspecified atom stereocenters. The Morgan fingerprint density at radius 3 is 1.43 bits per heavy atom. The molecule has 3 aliphatic carbocycles. The van der Waals surface area contributed by atoms with Crippen molar-refractivity contribution in [3.63, 3.8) is 0 Å². The summed E-state index contributed by atoms with van der Waals surface area (Å²) in [5.41, 5.74) is 0. The second kappa shape index (κ2) is 16.6. The Balaban J connectivity index is 0.000000113. The number of likely N-dealkylation sites (N-methyl/N-ethyl adjacent to an activating group) is 1. The first-order valence-corrected chi connectivity index (χ1v) is 18.5. The zero-order chi connectivity index (χ0) is 31.7. The Labute approximate surface area is 282 Å². The van der Waals surface area contributed by atoms with E-state index in [-0.39, 0.29) is 13.5 Å². The molecule has 10 aliphatic heterocycles. The molecule has 9 heteroatoms. The second-order valence-electron chi connectivity index (χ2n) is 17.0. The largest absolute Gasteiger partial charge is 0.392 e. The topological polar surface area (TPSA) is 64.1 Å². The Hall–Kier alpha value is -0.360. The van der Waals surface area contributed by atoms with Gasteiger partial charge in [0.25, 0.3) is 0 Å². The summed E-state index contributed by atoms with van der Waals surface area (Å²) in [5.74, 6) is 6.81. The van der Waals surface area contributed by atoms with Gasteiger partial charge in [-0.25, -0.2) is 0 Å². The SMILES string of the molecule is C.CN1CC2CC(C1)C2O.CN1CC2CC(C1)O2.CN1CC2COCC(C2)C1.CN1CCC2CC2C1.COC1C2CC1CN(C)C2. The molecular weight excluding hydrogens is 578 g/mol. The van der Waals surface area contributed by atoms with Crippen molar-refractivity contribution in [3.05, 3.63) is 0 Å². The van der Waals surface area contributed by atoms with E-state index in [1.54, 1.807) is 0 Å². The molecule has 268 valence electrons. The van der Waals surface area contributed by atoms with Gasteiger partial charge in [-0.3, -0.25) is 0 Å². The van der Waals surface area contributed by atoms with E-state index in [1.807, 2.05) is 7.11 Å². The molecule has 10 saturated heterocycles. The van der Waals surface area contributed by atoms with Crippen LogP contribution in [0.25, 0.3) is 0 Å². The molecule has 0 radical (unpaired) electrons. The van der Waals surface area contributed by atoms with Crippen LogP contribution in [0.1, 0.15) is 46.0 Å². The summed E-state index contributed by atoms with van der Waals surface area (Å²) in [4.78, 5) is 11.9. The van der Waals surface area contributed by atoms with Crippen molar-refractivity contribution in [2.75, 3.05) is 121 Å². The lowest BCUT2D eigenvalue weighted by molar-refractivity contribution is -0.175. The molecular formula is C37H71N5O4. The van der Waals surface area contributed by atoms with Crippen LogP contribution in [0.3, 0.4) is 0 Å². The van der Waals surface area contributed by atoms with Crippen LogP contribution < -0.4 is 0 Å². The van der Waals surface area contributed by atoms with Crippen LogP contribution in [0.15, 0.2) is 0 Å². The van der Waals surface area contributed by atoms with Crippen LogP contribution in [-0.4, -0.2) is 175 Å². The minimum Gasteiger partial charge on any atom is -0.392 e. The first kappa shape index (κ1) is 36.9. The van der Waals surface area contributed by atoms with E-state index in [1.165, 1.54) is 77.8 Å². The summed E-state index contributed by atoms with van der Waals surface area (Å²) in [5, 5.41) is 9.32. The Morgan fingerprint density at radius 2 is 1.00 bits per heavy atom. The van der Waals surface area contributed by atoms with Gasteiger partial charge < -0.3 is 43.8 Å². The lowest BCUT2D eigenvalue weighted by Crippen LogP contribution is -2.57. The number of methoxy groups -OCH3 is 1. The molecule has 13 rings (SSSR count). The van der Waals surface area contributed by atoms with Crippen molar-refractivity contribution < 1.29 is 19.3 Å². The van der Waals surface area contributed by atoms with Crippen molar-refractivity contribution in [2.24, 2.45) is 47.3 Å². The molecule has 1 N–H and O–H groups in total. The van der Waals surface area contributed by atoms with Crippen LogP contribution in [-0.2, 0) is 14.2 Å². The van der Waals surface area contributed by atoms with E-state index in [9.17, 15) is 5.11 Å². The third kappa shape index (κ3) is 9.66. The highest BCUT2D eigenvalue weighted by molar-refractivity contribution is 4.98. The van der Waals surface area contributed by atoms with Gasteiger partial charge in [-0.1, -0.05) is 7.43 Å². The number of morpholine rings is 1. The van der Waals surface area contributed by atoms with E-state index in [0.717, 1.165) is 74.9 Å². The molecule has 0 aromatic heterocycles. The van der Waals surface area contributed by atoms with Gasteiger partial charge in [0.1, 0.15) is 0 Å². The van der Waals surface area contributed by atoms with Gasteiger partial charge in [0, 0.05) is 72.4 Å². The van der Waals surface area contributed by atoms with Gasteiger partial charge in [-0.2, -0.15) is 0 Å². The number of aliphatic hydroxyl groups excluding tert-OH is 1.